The van der Waals surface area contributed by atoms with Crippen molar-refractivity contribution in [2.45, 2.75) is 97.5 Å². The highest BCUT2D eigenvalue weighted by molar-refractivity contribution is 7.13. The second-order valence-corrected chi connectivity index (χ2v) is 17.4. The summed E-state index contributed by atoms with van der Waals surface area (Å²) in [6.45, 7) is 8.71. The van der Waals surface area contributed by atoms with E-state index in [4.69, 9.17) is 20.8 Å². The lowest BCUT2D eigenvalue weighted by atomic mass is 9.85. The van der Waals surface area contributed by atoms with Gasteiger partial charge in [-0.05, 0) is 67.3 Å². The lowest BCUT2D eigenvalue weighted by molar-refractivity contribution is -0.144. The molecule has 1 fully saturated rings. The number of halogens is 1. The van der Waals surface area contributed by atoms with Crippen LogP contribution in [-0.4, -0.2) is 97.0 Å². The van der Waals surface area contributed by atoms with E-state index in [1.165, 1.54) is 18.4 Å². The standard InChI is InChI=1S/C43H52ClN9O7S/c1-26-38(61-25-48-26)28-13-11-27(12-14-28)21-46-40(56)33-20-31(54)23-53(33)42(58)39(43(2,3)4)49-35(55)10-7-6-9-30-22-52(51-50-30)18-8-17-45-41(57)36-37(60-24-47-36)29-15-16-34(59-5)32(44)19-29/h11-16,19,22,24-25,31,33,39,54H,6-10,17-18,20-21,23H2,1-5H3,(H,45,57)(H,46,56)(H,49,55). The lowest BCUT2D eigenvalue weighted by Crippen LogP contribution is -2.57. The number of hydrogen-bond donors (Lipinski definition) is 4. The summed E-state index contributed by atoms with van der Waals surface area (Å²) in [4.78, 5) is 64.4. The van der Waals surface area contributed by atoms with Crippen LogP contribution in [0.1, 0.15) is 80.3 Å². The molecule has 3 atom stereocenters. The molecule has 1 saturated heterocycles. The Morgan fingerprint density at radius 2 is 1.82 bits per heavy atom. The van der Waals surface area contributed by atoms with Gasteiger partial charge < -0.3 is 35.1 Å². The Labute approximate surface area is 363 Å². The zero-order chi connectivity index (χ0) is 43.7. The summed E-state index contributed by atoms with van der Waals surface area (Å²) < 4.78 is 12.4. The summed E-state index contributed by atoms with van der Waals surface area (Å²) in [5.74, 6) is -0.605. The number of aliphatic hydroxyl groups excluding tert-OH is 1. The zero-order valence-electron chi connectivity index (χ0n) is 34.9. The van der Waals surface area contributed by atoms with Crippen molar-refractivity contribution >= 4 is 46.6 Å². The quantitative estimate of drug-likeness (QED) is 0.0824. The zero-order valence-corrected chi connectivity index (χ0v) is 36.5. The van der Waals surface area contributed by atoms with Crippen LogP contribution in [0.4, 0.5) is 0 Å². The van der Waals surface area contributed by atoms with E-state index in [1.807, 2.05) is 63.7 Å². The van der Waals surface area contributed by atoms with Gasteiger partial charge in [0.25, 0.3) is 5.91 Å². The van der Waals surface area contributed by atoms with Crippen LogP contribution in [0, 0.1) is 12.3 Å². The van der Waals surface area contributed by atoms with Gasteiger partial charge in [-0.1, -0.05) is 61.9 Å². The minimum atomic E-state index is -0.904. The average molecular weight is 874 g/mol. The predicted octanol–water partition coefficient (Wildman–Crippen LogP) is 5.37. The molecule has 4 N–H and O–H groups in total. The summed E-state index contributed by atoms with van der Waals surface area (Å²) in [7, 11) is 1.52. The van der Waals surface area contributed by atoms with Crippen molar-refractivity contribution in [3.63, 3.8) is 0 Å². The summed E-state index contributed by atoms with van der Waals surface area (Å²) in [6, 6.07) is 11.2. The number of carbonyl (C=O) groups is 4. The molecule has 4 heterocycles. The third-order valence-electron chi connectivity index (χ3n) is 10.4. The summed E-state index contributed by atoms with van der Waals surface area (Å²) >= 11 is 7.82. The molecule has 324 valence electrons. The number of β-amino-alcohol motifs (C(OH)–C–C–N with tert-alkyl or cyclic N) is 1. The van der Waals surface area contributed by atoms with E-state index < -0.39 is 29.5 Å². The number of aryl methyl sites for hydroxylation is 3. The van der Waals surface area contributed by atoms with Crippen molar-refractivity contribution in [1.82, 2.24) is 45.8 Å². The summed E-state index contributed by atoms with van der Waals surface area (Å²) in [6.07, 6.45) is 4.93. The molecule has 61 heavy (non-hydrogen) atoms. The highest BCUT2D eigenvalue weighted by Crippen LogP contribution is 2.32. The molecule has 0 spiro atoms. The Morgan fingerprint density at radius 1 is 1.05 bits per heavy atom. The molecule has 6 rings (SSSR count). The van der Waals surface area contributed by atoms with Crippen LogP contribution in [0.5, 0.6) is 5.75 Å². The van der Waals surface area contributed by atoms with E-state index >= 15 is 0 Å². The number of ether oxygens (including phenoxy) is 1. The summed E-state index contributed by atoms with van der Waals surface area (Å²) in [5, 5.41) is 28.1. The number of hydrogen-bond acceptors (Lipinski definition) is 12. The Kier molecular flexibility index (Phi) is 14.9. The van der Waals surface area contributed by atoms with Crippen LogP contribution >= 0.6 is 22.9 Å². The molecule has 1 aliphatic rings. The number of nitrogens with zero attached hydrogens (tertiary/aromatic N) is 6. The van der Waals surface area contributed by atoms with Crippen LogP contribution in [0.2, 0.25) is 5.02 Å². The van der Waals surface area contributed by atoms with Gasteiger partial charge in [0.15, 0.2) is 17.8 Å². The van der Waals surface area contributed by atoms with Gasteiger partial charge >= 0.3 is 0 Å². The van der Waals surface area contributed by atoms with Crippen LogP contribution in [0.25, 0.3) is 21.8 Å². The fraction of sp³-hybridized carbons (Fsp3) is 0.442. The highest BCUT2D eigenvalue weighted by Gasteiger charge is 2.44. The molecule has 1 aliphatic heterocycles. The van der Waals surface area contributed by atoms with Crippen LogP contribution in [0.3, 0.4) is 0 Å². The second kappa shape index (κ2) is 20.3. The first-order valence-corrected chi connectivity index (χ1v) is 21.5. The van der Waals surface area contributed by atoms with Crippen LogP contribution < -0.4 is 20.7 Å². The number of unbranched alkanes of at least 4 members (excludes halogenated alkanes) is 1. The topological polar surface area (TPSA) is 207 Å². The monoisotopic (exact) mass is 873 g/mol. The van der Waals surface area contributed by atoms with E-state index in [0.717, 1.165) is 27.4 Å². The van der Waals surface area contributed by atoms with E-state index in [9.17, 15) is 24.3 Å². The third kappa shape index (κ3) is 11.6. The van der Waals surface area contributed by atoms with Crippen molar-refractivity contribution < 1.29 is 33.4 Å². The number of aromatic nitrogens is 5. The van der Waals surface area contributed by atoms with Crippen molar-refractivity contribution in [2.75, 3.05) is 20.2 Å². The van der Waals surface area contributed by atoms with E-state index in [0.29, 0.717) is 60.9 Å². The van der Waals surface area contributed by atoms with Gasteiger partial charge in [0.1, 0.15) is 17.8 Å². The van der Waals surface area contributed by atoms with Gasteiger partial charge in [-0.15, -0.1) is 16.4 Å². The van der Waals surface area contributed by atoms with Gasteiger partial charge in [-0.3, -0.25) is 23.9 Å². The average Bonchev–Trinajstić information content (AvgIpc) is 4.07. The Bertz CT molecular complexity index is 2300. The predicted molar refractivity (Wildman–Crippen MR) is 230 cm³/mol. The largest absolute Gasteiger partial charge is 0.495 e. The number of thiazole rings is 1. The van der Waals surface area contributed by atoms with Gasteiger partial charge in [0.05, 0.1) is 40.0 Å². The fourth-order valence-electron chi connectivity index (χ4n) is 7.11. The highest BCUT2D eigenvalue weighted by atomic mass is 35.5. The van der Waals surface area contributed by atoms with Gasteiger partial charge in [-0.25, -0.2) is 9.97 Å². The number of oxazole rings is 1. The normalized spacial score (nSPS) is 15.7. The molecule has 2 aromatic carbocycles. The molecule has 4 amide bonds. The number of amides is 4. The number of likely N-dealkylation sites (tertiary alicyclic amines) is 1. The van der Waals surface area contributed by atoms with E-state index in [1.54, 1.807) is 34.2 Å². The molecular formula is C43H52ClN9O7S. The summed E-state index contributed by atoms with van der Waals surface area (Å²) in [5.41, 5.74) is 5.59. The maximum absolute atomic E-state index is 14.0. The Balaban J connectivity index is 0.917. The van der Waals surface area contributed by atoms with Gasteiger partial charge in [0.2, 0.25) is 17.7 Å². The number of carbonyl (C=O) groups excluding carboxylic acids is 4. The second-order valence-electron chi connectivity index (χ2n) is 16.1. The molecule has 0 bridgehead atoms. The van der Waals surface area contributed by atoms with Crippen molar-refractivity contribution in [2.24, 2.45) is 5.41 Å². The SMILES string of the molecule is COc1ccc(-c2ocnc2C(=O)NCCCn2cc(CCCCC(=O)NC(C(=O)N3CC(O)CC3C(=O)NCc3ccc(-c4scnc4C)cc3)C(C)(C)C)nn2)cc1Cl. The van der Waals surface area contributed by atoms with Gasteiger partial charge in [0, 0.05) is 50.8 Å². The fourth-order valence-corrected chi connectivity index (χ4v) is 8.18. The first kappa shape index (κ1) is 44.9. The molecule has 3 unspecified atom stereocenters. The van der Waals surface area contributed by atoms with Crippen LogP contribution in [0.15, 0.2) is 65.0 Å². The maximum Gasteiger partial charge on any atom is 0.273 e. The van der Waals surface area contributed by atoms with Crippen molar-refractivity contribution in [1.29, 1.82) is 0 Å². The first-order valence-electron chi connectivity index (χ1n) is 20.2. The first-order chi connectivity index (χ1) is 29.2. The molecular weight excluding hydrogens is 822 g/mol. The Hall–Kier alpha value is -5.65. The number of nitrogens with one attached hydrogen (secondary N) is 3. The molecule has 0 radical (unpaired) electrons. The minimum absolute atomic E-state index is 0.00262. The van der Waals surface area contributed by atoms with E-state index in [-0.39, 0.29) is 49.3 Å². The molecule has 0 aliphatic carbocycles. The van der Waals surface area contributed by atoms with Crippen LogP contribution in [-0.2, 0) is 33.9 Å². The van der Waals surface area contributed by atoms with Crippen molar-refractivity contribution in [3.05, 3.63) is 88.2 Å². The molecule has 18 heteroatoms. The van der Waals surface area contributed by atoms with E-state index in [2.05, 4.69) is 36.2 Å². The molecule has 0 saturated carbocycles. The lowest BCUT2D eigenvalue weighted by Gasteiger charge is -2.35. The smallest absolute Gasteiger partial charge is 0.273 e. The van der Waals surface area contributed by atoms with Gasteiger partial charge in [-0.2, -0.15) is 0 Å². The molecule has 3 aromatic heterocycles. The Morgan fingerprint density at radius 3 is 2.52 bits per heavy atom. The van der Waals surface area contributed by atoms with Crippen molar-refractivity contribution in [3.8, 4) is 27.5 Å². The number of rotatable bonds is 18. The molecule has 5 aromatic rings. The number of benzene rings is 2. The minimum Gasteiger partial charge on any atom is -0.495 e. The number of aliphatic hydroxyl groups is 1. The number of methoxy groups -OCH3 is 1. The third-order valence-corrected chi connectivity index (χ3v) is 11.7. The molecule has 16 nitrogen and oxygen atoms in total. The maximum atomic E-state index is 14.0.